The summed E-state index contributed by atoms with van der Waals surface area (Å²) >= 11 is 0. The number of amides is 2. The molecule has 1 saturated heterocycles. The molecule has 3 rings (SSSR count). The molecule has 174 valence electrons. The maximum atomic E-state index is 12.4. The minimum Gasteiger partial charge on any atom is -0.483 e. The van der Waals surface area contributed by atoms with Crippen LogP contribution in [0.15, 0.2) is 4.52 Å². The van der Waals surface area contributed by atoms with Crippen LogP contribution < -0.4 is 10.6 Å². The van der Waals surface area contributed by atoms with Crippen LogP contribution >= 0.6 is 0 Å². The lowest BCUT2D eigenvalue weighted by molar-refractivity contribution is -0.126. The number of aliphatic hydroxyl groups excluding tert-OH is 1. The van der Waals surface area contributed by atoms with Gasteiger partial charge in [0.2, 0.25) is 17.7 Å². The number of carbonyl (C=O) groups excluding carboxylic acids is 2. The first-order valence-corrected chi connectivity index (χ1v) is 9.90. The average molecular weight is 443 g/mol. The van der Waals surface area contributed by atoms with Gasteiger partial charge >= 0.3 is 0 Å². The Labute approximate surface area is 179 Å². The van der Waals surface area contributed by atoms with E-state index in [1.807, 2.05) is 4.90 Å². The van der Waals surface area contributed by atoms with Gasteiger partial charge in [-0.25, -0.2) is 0 Å². The van der Waals surface area contributed by atoms with E-state index < -0.39 is 12.1 Å². The normalized spacial score (nSPS) is 23.5. The molecule has 2 amide bonds. The van der Waals surface area contributed by atoms with Crippen molar-refractivity contribution in [1.82, 2.24) is 25.7 Å². The molecule has 2 fully saturated rings. The zero-order chi connectivity index (χ0) is 22.6. The van der Waals surface area contributed by atoms with Gasteiger partial charge in [-0.15, -0.1) is 0 Å². The molecule has 2 heterocycles. The van der Waals surface area contributed by atoms with Crippen molar-refractivity contribution in [3.05, 3.63) is 11.7 Å². The van der Waals surface area contributed by atoms with Crippen molar-refractivity contribution < 1.29 is 38.6 Å². The summed E-state index contributed by atoms with van der Waals surface area (Å²) in [6.45, 7) is 3.03. The zero-order valence-electron chi connectivity index (χ0n) is 17.4. The van der Waals surface area contributed by atoms with E-state index in [1.54, 1.807) is 0 Å². The molecule has 13 nitrogen and oxygen atoms in total. The van der Waals surface area contributed by atoms with Crippen molar-refractivity contribution in [3.8, 4) is 0 Å². The van der Waals surface area contributed by atoms with Crippen LogP contribution in [0.2, 0.25) is 0 Å². The monoisotopic (exact) mass is 443 g/mol. The van der Waals surface area contributed by atoms with Crippen LogP contribution in [0.5, 0.6) is 0 Å². The molecule has 1 aliphatic heterocycles. The minimum absolute atomic E-state index is 0.107. The molecule has 0 bridgehead atoms. The Morgan fingerprint density at radius 2 is 2.03 bits per heavy atom. The van der Waals surface area contributed by atoms with Gasteiger partial charge in [0, 0.05) is 26.1 Å². The molecule has 1 saturated carbocycles. The summed E-state index contributed by atoms with van der Waals surface area (Å²) in [6, 6.07) is -0.430. The number of nitrogens with one attached hydrogen (secondary N) is 2. The number of carbonyl (C=O) groups is 3. The summed E-state index contributed by atoms with van der Waals surface area (Å²) in [4.78, 5) is 39.0. The van der Waals surface area contributed by atoms with E-state index in [9.17, 15) is 14.7 Å². The fourth-order valence-corrected chi connectivity index (χ4v) is 3.46. The highest BCUT2D eigenvalue weighted by molar-refractivity contribution is 5.80. The number of hydrogen-bond acceptors (Lipinski definition) is 10. The molecule has 1 aliphatic carbocycles. The van der Waals surface area contributed by atoms with Crippen LogP contribution in [0.4, 0.5) is 0 Å². The van der Waals surface area contributed by atoms with Crippen molar-refractivity contribution in [3.63, 3.8) is 0 Å². The summed E-state index contributed by atoms with van der Waals surface area (Å²) in [5.74, 6) is -0.0514. The molecule has 2 aliphatic rings. The number of aromatic nitrogens is 2. The third-order valence-corrected chi connectivity index (χ3v) is 4.91. The van der Waals surface area contributed by atoms with Gasteiger partial charge in [0.05, 0.1) is 38.4 Å². The highest BCUT2D eigenvalue weighted by atomic mass is 16.5. The summed E-state index contributed by atoms with van der Waals surface area (Å²) in [5, 5.41) is 26.4. The minimum atomic E-state index is -0.749. The van der Waals surface area contributed by atoms with E-state index in [-0.39, 0.29) is 49.8 Å². The van der Waals surface area contributed by atoms with Crippen LogP contribution in [0, 0.1) is 5.92 Å². The van der Waals surface area contributed by atoms with Crippen LogP contribution in [0.1, 0.15) is 24.6 Å². The second-order valence-corrected chi connectivity index (χ2v) is 7.16. The van der Waals surface area contributed by atoms with Crippen molar-refractivity contribution in [2.45, 2.75) is 38.1 Å². The molecule has 0 unspecified atom stereocenters. The number of aliphatic hydroxyl groups is 1. The van der Waals surface area contributed by atoms with E-state index >= 15 is 0 Å². The molecule has 4 N–H and O–H groups in total. The van der Waals surface area contributed by atoms with E-state index in [0.29, 0.717) is 45.0 Å². The molecule has 3 atom stereocenters. The Morgan fingerprint density at radius 3 is 2.71 bits per heavy atom. The first kappa shape index (κ1) is 24.7. The van der Waals surface area contributed by atoms with Gasteiger partial charge in [-0.05, 0) is 12.8 Å². The third kappa shape index (κ3) is 8.20. The summed E-state index contributed by atoms with van der Waals surface area (Å²) in [5.41, 5.74) is 0. The fourth-order valence-electron chi connectivity index (χ4n) is 3.46. The Morgan fingerprint density at radius 1 is 1.32 bits per heavy atom. The predicted molar refractivity (Wildman–Crippen MR) is 103 cm³/mol. The summed E-state index contributed by atoms with van der Waals surface area (Å²) in [7, 11) is 1.53. The first-order chi connectivity index (χ1) is 15.0. The molecule has 0 spiro atoms. The Balaban J connectivity index is 0.00000107. The number of hydrogen-bond donors (Lipinski definition) is 4. The van der Waals surface area contributed by atoms with E-state index in [2.05, 4.69) is 20.8 Å². The second-order valence-electron chi connectivity index (χ2n) is 7.16. The number of methoxy groups -OCH3 is 1. The number of carboxylic acid groups (broad SMARTS) is 1. The summed E-state index contributed by atoms with van der Waals surface area (Å²) in [6.07, 6.45) is -0.0608. The van der Waals surface area contributed by atoms with Gasteiger partial charge < -0.3 is 34.8 Å². The number of rotatable bonds is 8. The Kier molecular flexibility index (Phi) is 10.3. The Bertz CT molecular complexity index is 709. The second kappa shape index (κ2) is 12.9. The van der Waals surface area contributed by atoms with Crippen molar-refractivity contribution in [1.29, 1.82) is 0 Å². The highest BCUT2D eigenvalue weighted by Crippen LogP contribution is 2.26. The fraction of sp³-hybridized carbons (Fsp3) is 0.722. The van der Waals surface area contributed by atoms with E-state index in [0.717, 1.165) is 0 Å². The van der Waals surface area contributed by atoms with E-state index in [1.165, 1.54) is 7.11 Å². The SMILES string of the molecule is COCc1noc(CNC(=O)[C@@H]2C[C@@H](O)[C@H](NC(=O)CN3CCOCC3)C2)n1.O=CO. The number of nitrogens with zero attached hydrogens (tertiary/aromatic N) is 3. The molecule has 31 heavy (non-hydrogen) atoms. The standard InChI is InChI=1S/C17H27N5O6.CH2O2/c1-26-10-14-20-16(28-21-14)8-18-17(25)11-6-12(13(23)7-11)19-15(24)9-22-2-4-27-5-3-22;2-1-3/h11-13,23H,2-10H2,1H3,(H,18,25)(H,19,24);1H,(H,2,3)/t11-,12+,13+;/m0./s1. The number of morpholine rings is 1. The van der Waals surface area contributed by atoms with Crippen molar-refractivity contribution in [2.24, 2.45) is 5.92 Å². The topological polar surface area (TPSA) is 176 Å². The highest BCUT2D eigenvalue weighted by Gasteiger charge is 2.37. The quantitative estimate of drug-likeness (QED) is 0.331. The lowest BCUT2D eigenvalue weighted by atomic mass is 10.1. The van der Waals surface area contributed by atoms with Crippen LogP contribution in [0.25, 0.3) is 0 Å². The predicted octanol–water partition coefficient (Wildman–Crippen LogP) is -1.88. The van der Waals surface area contributed by atoms with Gasteiger partial charge in [0.15, 0.2) is 5.82 Å². The van der Waals surface area contributed by atoms with Gasteiger partial charge in [-0.2, -0.15) is 4.98 Å². The Hall–Kier alpha value is -2.61. The van der Waals surface area contributed by atoms with E-state index in [4.69, 9.17) is 23.9 Å². The smallest absolute Gasteiger partial charge is 0.290 e. The van der Waals surface area contributed by atoms with Crippen molar-refractivity contribution in [2.75, 3.05) is 40.0 Å². The molecule has 1 aromatic heterocycles. The third-order valence-electron chi connectivity index (χ3n) is 4.91. The number of ether oxygens (including phenoxy) is 2. The molecule has 13 heteroatoms. The largest absolute Gasteiger partial charge is 0.483 e. The van der Waals surface area contributed by atoms with Gasteiger partial charge in [-0.3, -0.25) is 19.3 Å². The molecular formula is C18H29N5O8. The molecule has 0 aromatic carbocycles. The van der Waals surface area contributed by atoms with Crippen LogP contribution in [0.3, 0.4) is 0 Å². The lowest BCUT2D eigenvalue weighted by Gasteiger charge is -2.26. The van der Waals surface area contributed by atoms with Crippen molar-refractivity contribution >= 4 is 18.3 Å². The summed E-state index contributed by atoms with van der Waals surface area (Å²) < 4.78 is 15.2. The lowest BCUT2D eigenvalue weighted by Crippen LogP contribution is -2.47. The average Bonchev–Trinajstić information content (AvgIpc) is 3.34. The molecule has 0 radical (unpaired) electrons. The maximum absolute atomic E-state index is 12.4. The first-order valence-electron chi connectivity index (χ1n) is 9.90. The van der Waals surface area contributed by atoms with Gasteiger partial charge in [0.25, 0.3) is 6.47 Å². The van der Waals surface area contributed by atoms with Gasteiger partial charge in [0.1, 0.15) is 6.61 Å². The zero-order valence-corrected chi connectivity index (χ0v) is 17.4. The maximum Gasteiger partial charge on any atom is 0.290 e. The molecular weight excluding hydrogens is 414 g/mol. The van der Waals surface area contributed by atoms with Gasteiger partial charge in [-0.1, -0.05) is 5.16 Å². The molecule has 1 aromatic rings. The van der Waals surface area contributed by atoms with Crippen LogP contribution in [-0.4, -0.2) is 95.6 Å². The van der Waals surface area contributed by atoms with Crippen LogP contribution in [-0.2, 0) is 37.0 Å².